The number of aliphatic hydroxyl groups excluding tert-OH is 1. The zero-order chi connectivity index (χ0) is 10.1. The minimum atomic E-state index is -0.287. The Kier molecular flexibility index (Phi) is 2.91. The minimum absolute atomic E-state index is 0.287. The molecule has 0 saturated carbocycles. The Morgan fingerprint density at radius 3 is 2.86 bits per heavy atom. The number of aliphatic hydroxyl groups is 1. The van der Waals surface area contributed by atoms with Crippen LogP contribution in [0.4, 0.5) is 0 Å². The van der Waals surface area contributed by atoms with Gasteiger partial charge in [-0.1, -0.05) is 20.3 Å². The summed E-state index contributed by atoms with van der Waals surface area (Å²) in [4.78, 5) is 1.11. The molecule has 0 radical (unpaired) electrons. The van der Waals surface area contributed by atoms with Gasteiger partial charge in [-0.25, -0.2) is 0 Å². The summed E-state index contributed by atoms with van der Waals surface area (Å²) in [5.74, 6) is 0.350. The summed E-state index contributed by atoms with van der Waals surface area (Å²) in [5, 5.41) is 12.1. The second-order valence-corrected chi connectivity index (χ2v) is 5.69. The van der Waals surface area contributed by atoms with Crippen LogP contribution in [0.15, 0.2) is 17.5 Å². The molecule has 0 bridgehead atoms. The van der Waals surface area contributed by atoms with E-state index < -0.39 is 0 Å². The third kappa shape index (κ3) is 1.72. The van der Waals surface area contributed by atoms with Crippen LogP contribution in [0.2, 0.25) is 0 Å². The lowest BCUT2D eigenvalue weighted by molar-refractivity contribution is 0.119. The van der Waals surface area contributed by atoms with Gasteiger partial charge in [0.15, 0.2) is 0 Å². The average Bonchev–Trinajstić information content (AvgIpc) is 2.74. The van der Waals surface area contributed by atoms with E-state index in [-0.39, 0.29) is 6.10 Å². The van der Waals surface area contributed by atoms with Crippen LogP contribution in [0.3, 0.4) is 0 Å². The Labute approximate surface area is 92.0 Å². The Morgan fingerprint density at radius 1 is 1.43 bits per heavy atom. The van der Waals surface area contributed by atoms with Gasteiger partial charge in [0, 0.05) is 14.3 Å². The number of hydrogen-bond donors (Lipinski definition) is 1. The van der Waals surface area contributed by atoms with E-state index >= 15 is 0 Å². The predicted molar refractivity (Wildman–Crippen MR) is 64.1 cm³/mol. The molecule has 0 aliphatic rings. The van der Waals surface area contributed by atoms with E-state index in [0.29, 0.717) is 5.92 Å². The molecule has 2 rings (SSSR count). The van der Waals surface area contributed by atoms with Crippen molar-refractivity contribution in [2.24, 2.45) is 5.92 Å². The zero-order valence-electron chi connectivity index (χ0n) is 8.36. The standard InChI is InChI=1S/C11H14OS2/c1-3-7(2)11(12)10-6-9-8(14-10)4-5-13-9/h4-7,11-12H,3H2,1-2H3. The van der Waals surface area contributed by atoms with Gasteiger partial charge in [-0.15, -0.1) is 22.7 Å². The Morgan fingerprint density at radius 2 is 2.21 bits per heavy atom. The molecule has 1 nitrogen and oxygen atoms in total. The fourth-order valence-electron chi connectivity index (χ4n) is 1.43. The van der Waals surface area contributed by atoms with Gasteiger partial charge < -0.3 is 5.11 Å². The normalized spacial score (nSPS) is 15.9. The Hall–Kier alpha value is -0.380. The highest BCUT2D eigenvalue weighted by atomic mass is 32.1. The first-order valence-electron chi connectivity index (χ1n) is 4.87. The number of fused-ring (bicyclic) bond motifs is 1. The smallest absolute Gasteiger partial charge is 0.0908 e. The fraction of sp³-hybridized carbons (Fsp3) is 0.455. The van der Waals surface area contributed by atoms with Gasteiger partial charge in [-0.05, 0) is 23.4 Å². The Balaban J connectivity index is 2.30. The van der Waals surface area contributed by atoms with E-state index in [2.05, 4.69) is 31.4 Å². The summed E-state index contributed by atoms with van der Waals surface area (Å²) >= 11 is 3.46. The molecular weight excluding hydrogens is 212 g/mol. The van der Waals surface area contributed by atoms with E-state index in [9.17, 15) is 5.11 Å². The molecule has 0 aliphatic carbocycles. The first kappa shape index (κ1) is 10.1. The second kappa shape index (κ2) is 4.01. The molecule has 3 heteroatoms. The summed E-state index contributed by atoms with van der Waals surface area (Å²) in [7, 11) is 0. The van der Waals surface area contributed by atoms with Crippen LogP contribution in [0, 0.1) is 5.92 Å². The topological polar surface area (TPSA) is 20.2 Å². The van der Waals surface area contributed by atoms with Crippen molar-refractivity contribution in [3.8, 4) is 0 Å². The lowest BCUT2D eigenvalue weighted by atomic mass is 10.0. The van der Waals surface area contributed by atoms with Crippen molar-refractivity contribution in [2.45, 2.75) is 26.4 Å². The highest BCUT2D eigenvalue weighted by Crippen LogP contribution is 2.36. The van der Waals surface area contributed by atoms with Gasteiger partial charge in [0.25, 0.3) is 0 Å². The van der Waals surface area contributed by atoms with Crippen LogP contribution < -0.4 is 0 Å². The van der Waals surface area contributed by atoms with Gasteiger partial charge in [-0.2, -0.15) is 0 Å². The number of rotatable bonds is 3. The maximum Gasteiger partial charge on any atom is 0.0908 e. The van der Waals surface area contributed by atoms with Gasteiger partial charge in [-0.3, -0.25) is 0 Å². The molecule has 0 aliphatic heterocycles. The highest BCUT2D eigenvalue weighted by Gasteiger charge is 2.17. The third-order valence-electron chi connectivity index (χ3n) is 2.63. The minimum Gasteiger partial charge on any atom is -0.387 e. The molecule has 0 spiro atoms. The van der Waals surface area contributed by atoms with Gasteiger partial charge >= 0.3 is 0 Å². The number of hydrogen-bond acceptors (Lipinski definition) is 3. The summed E-state index contributed by atoms with van der Waals surface area (Å²) in [6, 6.07) is 4.25. The van der Waals surface area contributed by atoms with Crippen molar-refractivity contribution < 1.29 is 5.11 Å². The van der Waals surface area contributed by atoms with Crippen LogP contribution in [0.25, 0.3) is 9.40 Å². The van der Waals surface area contributed by atoms with Crippen molar-refractivity contribution in [3.63, 3.8) is 0 Å². The highest BCUT2D eigenvalue weighted by molar-refractivity contribution is 7.26. The Bertz CT molecular complexity index is 387. The van der Waals surface area contributed by atoms with E-state index in [4.69, 9.17) is 0 Å². The van der Waals surface area contributed by atoms with Crippen molar-refractivity contribution in [1.29, 1.82) is 0 Å². The molecule has 76 valence electrons. The van der Waals surface area contributed by atoms with E-state index in [1.165, 1.54) is 9.40 Å². The summed E-state index contributed by atoms with van der Waals surface area (Å²) < 4.78 is 2.60. The molecular formula is C11H14OS2. The molecule has 0 amide bonds. The third-order valence-corrected chi connectivity index (χ3v) is 4.80. The second-order valence-electron chi connectivity index (χ2n) is 3.63. The molecule has 0 fully saturated rings. The van der Waals surface area contributed by atoms with Crippen molar-refractivity contribution in [3.05, 3.63) is 22.4 Å². The predicted octanol–water partition coefficient (Wildman–Crippen LogP) is 4.04. The molecule has 2 atom stereocenters. The van der Waals surface area contributed by atoms with Crippen LogP contribution in [0.5, 0.6) is 0 Å². The molecule has 14 heavy (non-hydrogen) atoms. The zero-order valence-corrected chi connectivity index (χ0v) is 9.99. The molecule has 0 saturated heterocycles. The SMILES string of the molecule is CCC(C)C(O)c1cc2sccc2s1. The van der Waals surface area contributed by atoms with Crippen LogP contribution in [-0.2, 0) is 0 Å². The quantitative estimate of drug-likeness (QED) is 0.837. The molecule has 2 heterocycles. The summed E-state index contributed by atoms with van der Waals surface area (Å²) in [6.07, 6.45) is 0.733. The first-order chi connectivity index (χ1) is 6.72. The average molecular weight is 226 g/mol. The van der Waals surface area contributed by atoms with E-state index in [1.807, 2.05) is 0 Å². The molecule has 2 aromatic heterocycles. The largest absolute Gasteiger partial charge is 0.387 e. The van der Waals surface area contributed by atoms with Crippen molar-refractivity contribution in [1.82, 2.24) is 0 Å². The van der Waals surface area contributed by atoms with Crippen LogP contribution in [-0.4, -0.2) is 5.11 Å². The van der Waals surface area contributed by atoms with Crippen LogP contribution in [0.1, 0.15) is 31.2 Å². The summed E-state index contributed by atoms with van der Waals surface area (Å²) in [6.45, 7) is 4.21. The van der Waals surface area contributed by atoms with Crippen molar-refractivity contribution in [2.75, 3.05) is 0 Å². The van der Waals surface area contributed by atoms with Gasteiger partial charge in [0.2, 0.25) is 0 Å². The molecule has 2 unspecified atom stereocenters. The first-order valence-corrected chi connectivity index (χ1v) is 6.57. The van der Waals surface area contributed by atoms with E-state index in [1.54, 1.807) is 22.7 Å². The molecule has 1 N–H and O–H groups in total. The maximum atomic E-state index is 10.0. The molecule has 0 aromatic carbocycles. The fourth-order valence-corrected chi connectivity index (χ4v) is 3.67. The lowest BCUT2D eigenvalue weighted by Crippen LogP contribution is -2.05. The van der Waals surface area contributed by atoms with Crippen molar-refractivity contribution >= 4 is 32.1 Å². The lowest BCUT2D eigenvalue weighted by Gasteiger charge is -2.14. The summed E-state index contributed by atoms with van der Waals surface area (Å²) in [5.41, 5.74) is 0. The van der Waals surface area contributed by atoms with Crippen LogP contribution >= 0.6 is 22.7 Å². The maximum absolute atomic E-state index is 10.0. The molecule has 2 aromatic rings. The number of thiophene rings is 2. The monoisotopic (exact) mass is 226 g/mol. The van der Waals surface area contributed by atoms with Gasteiger partial charge in [0.05, 0.1) is 6.10 Å². The van der Waals surface area contributed by atoms with E-state index in [0.717, 1.165) is 11.3 Å². The van der Waals surface area contributed by atoms with Gasteiger partial charge in [0.1, 0.15) is 0 Å².